The number of aromatic nitrogens is 1. The van der Waals surface area contributed by atoms with Crippen molar-refractivity contribution in [1.82, 2.24) is 15.6 Å². The average molecular weight is 436 g/mol. The summed E-state index contributed by atoms with van der Waals surface area (Å²) in [7, 11) is 0. The zero-order valence-corrected chi connectivity index (χ0v) is 17.9. The fraction of sp³-hybridized carbons (Fsp3) is 0.455. The maximum Gasteiger partial charge on any atom is 0.270 e. The van der Waals surface area contributed by atoms with Crippen molar-refractivity contribution in [3.63, 3.8) is 0 Å². The number of halogens is 2. The molecule has 7 heteroatoms. The summed E-state index contributed by atoms with van der Waals surface area (Å²) in [6.07, 6.45) is 4.80. The van der Waals surface area contributed by atoms with Gasteiger partial charge in [-0.15, -0.1) is 12.4 Å². The van der Waals surface area contributed by atoms with E-state index in [0.717, 1.165) is 66.9 Å². The SMILES string of the molecule is Cl.O=C(N[C@H]1CCCC[C@@H]1O)c1cc(Cc2ccc(Cl)cc2)c2c(n1)CNCC2. The van der Waals surface area contributed by atoms with E-state index in [9.17, 15) is 9.90 Å². The third kappa shape index (κ3) is 5.28. The van der Waals surface area contributed by atoms with E-state index in [1.165, 1.54) is 5.56 Å². The number of hydrogen-bond acceptors (Lipinski definition) is 4. The minimum Gasteiger partial charge on any atom is -0.391 e. The summed E-state index contributed by atoms with van der Waals surface area (Å²) in [6, 6.07) is 9.57. The Bertz CT molecular complexity index is 858. The van der Waals surface area contributed by atoms with Gasteiger partial charge in [0.1, 0.15) is 5.69 Å². The van der Waals surface area contributed by atoms with Gasteiger partial charge >= 0.3 is 0 Å². The van der Waals surface area contributed by atoms with Gasteiger partial charge in [-0.05, 0) is 67.1 Å². The average Bonchev–Trinajstić information content (AvgIpc) is 2.71. The fourth-order valence-corrected chi connectivity index (χ4v) is 4.30. The van der Waals surface area contributed by atoms with Crippen LogP contribution in [0.15, 0.2) is 30.3 Å². The number of amides is 1. The van der Waals surface area contributed by atoms with Crippen LogP contribution in [0.5, 0.6) is 0 Å². The van der Waals surface area contributed by atoms with Crippen LogP contribution >= 0.6 is 24.0 Å². The third-order valence-electron chi connectivity index (χ3n) is 5.73. The van der Waals surface area contributed by atoms with Crippen LogP contribution in [-0.4, -0.2) is 34.7 Å². The van der Waals surface area contributed by atoms with Gasteiger partial charge in [0.2, 0.25) is 0 Å². The largest absolute Gasteiger partial charge is 0.391 e. The van der Waals surface area contributed by atoms with Crippen molar-refractivity contribution in [2.75, 3.05) is 6.54 Å². The smallest absolute Gasteiger partial charge is 0.270 e. The minimum atomic E-state index is -0.467. The summed E-state index contributed by atoms with van der Waals surface area (Å²) in [5.41, 5.74) is 4.92. The highest BCUT2D eigenvalue weighted by Gasteiger charge is 2.26. The van der Waals surface area contributed by atoms with Crippen LogP contribution in [0.2, 0.25) is 5.02 Å². The molecule has 3 N–H and O–H groups in total. The summed E-state index contributed by atoms with van der Waals surface area (Å²) < 4.78 is 0. The van der Waals surface area contributed by atoms with Crippen LogP contribution in [0.4, 0.5) is 0 Å². The van der Waals surface area contributed by atoms with E-state index in [1.807, 2.05) is 30.3 Å². The number of hydrogen-bond donors (Lipinski definition) is 3. The molecule has 4 rings (SSSR count). The van der Waals surface area contributed by atoms with Gasteiger partial charge in [0.05, 0.1) is 17.8 Å². The first-order valence-electron chi connectivity index (χ1n) is 10.1. The van der Waals surface area contributed by atoms with Crippen molar-refractivity contribution in [3.8, 4) is 0 Å². The summed E-state index contributed by atoms with van der Waals surface area (Å²) in [4.78, 5) is 17.5. The van der Waals surface area contributed by atoms with Crippen LogP contribution in [-0.2, 0) is 19.4 Å². The number of benzene rings is 1. The van der Waals surface area contributed by atoms with Crippen molar-refractivity contribution in [1.29, 1.82) is 0 Å². The highest BCUT2D eigenvalue weighted by atomic mass is 35.5. The van der Waals surface area contributed by atoms with Crippen molar-refractivity contribution < 1.29 is 9.90 Å². The molecule has 0 saturated heterocycles. The highest BCUT2D eigenvalue weighted by molar-refractivity contribution is 6.30. The lowest BCUT2D eigenvalue weighted by atomic mass is 9.92. The summed E-state index contributed by atoms with van der Waals surface area (Å²) in [6.45, 7) is 1.60. The summed E-state index contributed by atoms with van der Waals surface area (Å²) in [5, 5.41) is 17.2. The second kappa shape index (κ2) is 9.90. The van der Waals surface area contributed by atoms with Gasteiger partial charge in [-0.25, -0.2) is 4.98 Å². The maximum absolute atomic E-state index is 12.9. The van der Waals surface area contributed by atoms with Gasteiger partial charge in [-0.3, -0.25) is 4.79 Å². The van der Waals surface area contributed by atoms with Crippen LogP contribution in [0, 0.1) is 0 Å². The van der Waals surface area contributed by atoms with Gasteiger partial charge in [-0.2, -0.15) is 0 Å². The normalized spacial score (nSPS) is 21.0. The molecule has 0 bridgehead atoms. The molecule has 2 atom stereocenters. The molecule has 29 heavy (non-hydrogen) atoms. The summed E-state index contributed by atoms with van der Waals surface area (Å²) >= 11 is 6.01. The van der Waals surface area contributed by atoms with E-state index < -0.39 is 6.10 Å². The lowest BCUT2D eigenvalue weighted by Gasteiger charge is -2.28. The third-order valence-corrected chi connectivity index (χ3v) is 5.98. The zero-order chi connectivity index (χ0) is 19.5. The molecule has 1 saturated carbocycles. The molecule has 2 aromatic rings. The number of fused-ring (bicyclic) bond motifs is 1. The Morgan fingerprint density at radius 3 is 2.76 bits per heavy atom. The van der Waals surface area contributed by atoms with Crippen LogP contribution in [0.3, 0.4) is 0 Å². The van der Waals surface area contributed by atoms with Gasteiger partial charge in [0, 0.05) is 11.6 Å². The molecule has 2 heterocycles. The van der Waals surface area contributed by atoms with Crippen molar-refractivity contribution in [2.24, 2.45) is 0 Å². The molecule has 1 aliphatic heterocycles. The predicted octanol–water partition coefficient (Wildman–Crippen LogP) is 3.43. The van der Waals surface area contributed by atoms with Gasteiger partial charge in [0.25, 0.3) is 5.91 Å². The number of carbonyl (C=O) groups excluding carboxylic acids is 1. The predicted molar refractivity (Wildman–Crippen MR) is 117 cm³/mol. The topological polar surface area (TPSA) is 74.2 Å². The molecular formula is C22H27Cl2N3O2. The molecule has 1 amide bonds. The summed E-state index contributed by atoms with van der Waals surface area (Å²) in [5.74, 6) is -0.198. The molecule has 1 aromatic carbocycles. The van der Waals surface area contributed by atoms with E-state index in [4.69, 9.17) is 11.6 Å². The Kier molecular flexibility index (Phi) is 7.52. The molecular weight excluding hydrogens is 409 g/mol. The number of nitrogens with one attached hydrogen (secondary N) is 2. The van der Waals surface area contributed by atoms with E-state index in [1.54, 1.807) is 0 Å². The van der Waals surface area contributed by atoms with Crippen molar-refractivity contribution >= 4 is 29.9 Å². The van der Waals surface area contributed by atoms with Crippen LogP contribution in [0.1, 0.15) is 58.6 Å². The minimum absolute atomic E-state index is 0. The zero-order valence-electron chi connectivity index (χ0n) is 16.3. The monoisotopic (exact) mass is 435 g/mol. The lowest BCUT2D eigenvalue weighted by Crippen LogP contribution is -2.45. The Balaban J connectivity index is 0.00000240. The molecule has 0 radical (unpaired) electrons. The molecule has 1 fully saturated rings. The number of rotatable bonds is 4. The standard InChI is InChI=1S/C22H26ClN3O2.ClH/c23-16-7-5-14(6-8-16)11-15-12-19(25-20-13-24-10-9-17(15)20)22(28)26-18-3-1-2-4-21(18)27;/h5-8,12,18,21,24,27H,1-4,9-11,13H2,(H,26,28);1H/t18-,21-;/m0./s1. The molecule has 5 nitrogen and oxygen atoms in total. The Morgan fingerprint density at radius 1 is 1.24 bits per heavy atom. The first-order valence-corrected chi connectivity index (χ1v) is 10.4. The quantitative estimate of drug-likeness (QED) is 0.687. The maximum atomic E-state index is 12.9. The molecule has 0 unspecified atom stereocenters. The van der Waals surface area contributed by atoms with Gasteiger partial charge in [-0.1, -0.05) is 36.6 Å². The van der Waals surface area contributed by atoms with E-state index >= 15 is 0 Å². The number of pyridine rings is 1. The van der Waals surface area contributed by atoms with Crippen molar-refractivity contribution in [3.05, 3.63) is 63.4 Å². The Morgan fingerprint density at radius 2 is 2.00 bits per heavy atom. The van der Waals surface area contributed by atoms with Gasteiger partial charge < -0.3 is 15.7 Å². The molecule has 1 aromatic heterocycles. The second-order valence-electron chi connectivity index (χ2n) is 7.75. The highest BCUT2D eigenvalue weighted by Crippen LogP contribution is 2.23. The molecule has 1 aliphatic carbocycles. The lowest BCUT2D eigenvalue weighted by molar-refractivity contribution is 0.0713. The van der Waals surface area contributed by atoms with E-state index in [0.29, 0.717) is 12.2 Å². The van der Waals surface area contributed by atoms with E-state index in [2.05, 4.69) is 15.6 Å². The number of aliphatic hydroxyl groups is 1. The first kappa shape index (κ1) is 22.0. The number of carbonyl (C=O) groups is 1. The molecule has 0 spiro atoms. The fourth-order valence-electron chi connectivity index (χ4n) is 4.17. The number of aliphatic hydroxyl groups excluding tert-OH is 1. The molecule has 156 valence electrons. The van der Waals surface area contributed by atoms with Crippen LogP contribution in [0.25, 0.3) is 0 Å². The number of nitrogens with zero attached hydrogens (tertiary/aromatic N) is 1. The van der Waals surface area contributed by atoms with Crippen molar-refractivity contribution in [2.45, 2.75) is 57.2 Å². The van der Waals surface area contributed by atoms with E-state index in [-0.39, 0.29) is 24.4 Å². The molecule has 2 aliphatic rings. The van der Waals surface area contributed by atoms with Crippen LogP contribution < -0.4 is 10.6 Å². The Labute approximate surface area is 182 Å². The second-order valence-corrected chi connectivity index (χ2v) is 8.19. The first-order chi connectivity index (χ1) is 13.6. The Hall–Kier alpha value is -1.66. The van der Waals surface area contributed by atoms with Gasteiger partial charge in [0.15, 0.2) is 0 Å².